The van der Waals surface area contributed by atoms with Crippen LogP contribution in [-0.4, -0.2) is 48.4 Å². The normalized spacial score (nSPS) is 0. The van der Waals surface area contributed by atoms with Crippen molar-refractivity contribution in [3.8, 4) is 0 Å². The molecule has 0 unspecified atom stereocenters. The van der Waals surface area contributed by atoms with Gasteiger partial charge in [-0.25, -0.2) is 0 Å². The first-order valence-corrected chi connectivity index (χ1v) is 0. The number of halogens is 4. The Labute approximate surface area is 92.2 Å². The monoisotopic (exact) mass is 202 g/mol. The van der Waals surface area contributed by atoms with Crippen molar-refractivity contribution in [2.24, 2.45) is 0 Å². The molecule has 7 heavy (non-hydrogen) atoms. The van der Waals surface area contributed by atoms with Crippen LogP contribution in [0.3, 0.4) is 0 Å². The van der Waals surface area contributed by atoms with Gasteiger partial charge in [0.25, 0.3) is 0 Å². The third kappa shape index (κ3) is 65.1. The smallest absolute Gasteiger partial charge is 0 e. The molecule has 0 saturated heterocycles. The first kappa shape index (κ1) is 128. The molecule has 0 N–H and O–H groups in total. The maximum Gasteiger partial charge on any atom is 0 e. The molecule has 0 aromatic rings. The van der Waals surface area contributed by atoms with Crippen LogP contribution in [0.4, 0.5) is 18.8 Å². The van der Waals surface area contributed by atoms with Gasteiger partial charge in [-0.3, -0.25) is 18.8 Å². The molecule has 0 aromatic carbocycles. The van der Waals surface area contributed by atoms with Crippen molar-refractivity contribution in [2.45, 2.75) is 0 Å². The molecule has 40 valence electrons. The fourth-order valence-corrected chi connectivity index (χ4v) is 0. The first-order valence-electron chi connectivity index (χ1n) is 0. The van der Waals surface area contributed by atoms with Crippen molar-refractivity contribution in [3.05, 3.63) is 0 Å². The first-order chi connectivity index (χ1) is 0. The van der Waals surface area contributed by atoms with Gasteiger partial charge >= 0.3 is 48.4 Å². The molecule has 0 heterocycles. The van der Waals surface area contributed by atoms with Crippen LogP contribution in [0.25, 0.3) is 0 Å². The summed E-state index contributed by atoms with van der Waals surface area (Å²) in [6, 6.07) is 0. The van der Waals surface area contributed by atoms with Crippen molar-refractivity contribution in [1.82, 2.24) is 0 Å². The molecule has 0 atom stereocenters. The second-order valence-corrected chi connectivity index (χ2v) is 0. The van der Waals surface area contributed by atoms with Crippen molar-refractivity contribution in [2.75, 3.05) is 0 Å². The third-order valence-electron chi connectivity index (χ3n) is 0. The van der Waals surface area contributed by atoms with Gasteiger partial charge in [-0.05, 0) is 0 Å². The average Bonchev–Trinajstić information content (AvgIpc) is 0. The summed E-state index contributed by atoms with van der Waals surface area (Å²) in [5.41, 5.74) is 0. The fourth-order valence-electron chi connectivity index (χ4n) is 0. The fraction of sp³-hybridized carbons (Fsp3) is 0. The van der Waals surface area contributed by atoms with Crippen LogP contribution in [0.1, 0.15) is 0 Å². The van der Waals surface area contributed by atoms with Gasteiger partial charge in [-0.15, -0.1) is 0 Å². The van der Waals surface area contributed by atoms with Crippen LogP contribution in [-0.2, 0) is 26.2 Å². The Kier molecular flexibility index (Phi) is 1600. The zero-order valence-electron chi connectivity index (χ0n) is 2.13. The summed E-state index contributed by atoms with van der Waals surface area (Å²) >= 11 is 0. The molecule has 0 bridgehead atoms. The Morgan fingerprint density at radius 1 is 0.571 bits per heavy atom. The van der Waals surface area contributed by atoms with Crippen LogP contribution in [0.2, 0.25) is 0 Å². The summed E-state index contributed by atoms with van der Waals surface area (Å²) in [6.07, 6.45) is 0. The van der Waals surface area contributed by atoms with Gasteiger partial charge in [0.2, 0.25) is 0 Å². The van der Waals surface area contributed by atoms with E-state index in [9.17, 15) is 0 Å². The zero-order valence-corrected chi connectivity index (χ0v) is 4.59. The van der Waals surface area contributed by atoms with Gasteiger partial charge in [0, 0.05) is 26.2 Å². The number of hydrogen-bond donors (Lipinski definition) is 0. The van der Waals surface area contributed by atoms with Gasteiger partial charge in [-0.2, -0.15) is 0 Å². The van der Waals surface area contributed by atoms with E-state index in [1.165, 1.54) is 0 Å². The van der Waals surface area contributed by atoms with Crippen molar-refractivity contribution in [3.63, 3.8) is 0 Å². The Balaban J connectivity index is 0. The molecule has 0 spiro atoms. The van der Waals surface area contributed by atoms with Crippen LogP contribution >= 0.6 is 0 Å². The molecular formula is H6F4LiNaZr. The Hall–Kier alpha value is 2.20. The van der Waals surface area contributed by atoms with E-state index in [1.807, 2.05) is 0 Å². The third-order valence-corrected chi connectivity index (χ3v) is 0. The predicted octanol–water partition coefficient (Wildman–Crippen LogP) is -0.690. The van der Waals surface area contributed by atoms with Crippen molar-refractivity contribution < 1.29 is 45.0 Å². The molecule has 0 rings (SSSR count). The van der Waals surface area contributed by atoms with E-state index < -0.39 is 0 Å². The molecule has 0 saturated carbocycles. The molecule has 0 fully saturated rings. The quantitative estimate of drug-likeness (QED) is 0.361. The molecule has 0 aliphatic rings. The molecule has 0 aliphatic heterocycles. The summed E-state index contributed by atoms with van der Waals surface area (Å²) < 4.78 is 0. The summed E-state index contributed by atoms with van der Waals surface area (Å²) in [5.74, 6) is 0. The molecule has 0 nitrogen and oxygen atoms in total. The Bertz CT molecular complexity index is 11.7. The van der Waals surface area contributed by atoms with E-state index in [0.29, 0.717) is 0 Å². The van der Waals surface area contributed by atoms with Gasteiger partial charge in [-0.1, -0.05) is 0 Å². The van der Waals surface area contributed by atoms with E-state index in [0.717, 1.165) is 0 Å². The molecule has 0 aromatic heterocycles. The minimum Gasteiger partial charge on any atom is 0 e. The van der Waals surface area contributed by atoms with Crippen LogP contribution < -0.4 is 0 Å². The van der Waals surface area contributed by atoms with Gasteiger partial charge < -0.3 is 0 Å². The average molecular weight is 203 g/mol. The van der Waals surface area contributed by atoms with E-state index in [-0.39, 0.29) is 93.4 Å². The number of rotatable bonds is 0. The van der Waals surface area contributed by atoms with Crippen LogP contribution in [0.5, 0.6) is 0 Å². The van der Waals surface area contributed by atoms with Gasteiger partial charge in [0.1, 0.15) is 0 Å². The van der Waals surface area contributed by atoms with Crippen molar-refractivity contribution in [1.29, 1.82) is 0 Å². The molecule has 0 radical (unpaired) electrons. The molecule has 7 heteroatoms. The second kappa shape index (κ2) is 87.8. The number of hydrogen-bond acceptors (Lipinski definition) is 0. The SMILES string of the molecule is F.F.F.F.[LiH].[NaH].[Zr]. The maximum absolute atomic E-state index is 0. The van der Waals surface area contributed by atoms with Crippen molar-refractivity contribution >= 4 is 48.4 Å². The topological polar surface area (TPSA) is 0 Å². The molecule has 0 amide bonds. The molecule has 0 aliphatic carbocycles. The Morgan fingerprint density at radius 3 is 0.571 bits per heavy atom. The van der Waals surface area contributed by atoms with E-state index in [1.54, 1.807) is 0 Å². The maximum atomic E-state index is 0. The second-order valence-electron chi connectivity index (χ2n) is 0. The predicted molar refractivity (Wildman–Crippen MR) is 24.3 cm³/mol. The van der Waals surface area contributed by atoms with Crippen LogP contribution in [0, 0.1) is 0 Å². The summed E-state index contributed by atoms with van der Waals surface area (Å²) in [4.78, 5) is 0. The summed E-state index contributed by atoms with van der Waals surface area (Å²) in [7, 11) is 0. The van der Waals surface area contributed by atoms with Gasteiger partial charge in [0.15, 0.2) is 0 Å². The van der Waals surface area contributed by atoms with E-state index >= 15 is 0 Å². The Morgan fingerprint density at radius 2 is 0.571 bits per heavy atom. The minimum absolute atomic E-state index is 0. The minimum atomic E-state index is 0. The van der Waals surface area contributed by atoms with E-state index in [4.69, 9.17) is 0 Å². The van der Waals surface area contributed by atoms with Gasteiger partial charge in [0.05, 0.1) is 0 Å². The van der Waals surface area contributed by atoms with E-state index in [2.05, 4.69) is 0 Å². The zero-order chi connectivity index (χ0) is 0. The largest absolute Gasteiger partial charge is 0 e. The van der Waals surface area contributed by atoms with Crippen LogP contribution in [0.15, 0.2) is 0 Å². The summed E-state index contributed by atoms with van der Waals surface area (Å²) in [5, 5.41) is 0. The molecular weight excluding hydrogens is 197 g/mol. The summed E-state index contributed by atoms with van der Waals surface area (Å²) in [6.45, 7) is 0. The standard InChI is InChI=1S/4FH.Li.Na.Zr.2H/h4*1H;;;;;.